The number of amides is 2. The number of thioether (sulfide) groups is 1. The zero-order valence-electron chi connectivity index (χ0n) is 14.5. The molecular weight excluding hydrogens is 328 g/mol. The van der Waals surface area contributed by atoms with Crippen LogP contribution in [0, 0.1) is 0 Å². The highest BCUT2D eigenvalue weighted by Gasteiger charge is 2.35. The minimum Gasteiger partial charge on any atom is -0.493 e. The van der Waals surface area contributed by atoms with Crippen LogP contribution in [0.2, 0.25) is 0 Å². The van der Waals surface area contributed by atoms with Gasteiger partial charge >= 0.3 is 0 Å². The van der Waals surface area contributed by atoms with Crippen LogP contribution in [0.1, 0.15) is 30.6 Å². The number of ether oxygens (including phenoxy) is 2. The Morgan fingerprint density at radius 3 is 2.67 bits per heavy atom. The molecule has 132 valence electrons. The van der Waals surface area contributed by atoms with Gasteiger partial charge in [0.05, 0.1) is 20.1 Å². The van der Waals surface area contributed by atoms with Crippen molar-refractivity contribution in [2.24, 2.45) is 0 Å². The van der Waals surface area contributed by atoms with E-state index >= 15 is 0 Å². The van der Waals surface area contributed by atoms with Crippen molar-refractivity contribution < 1.29 is 19.1 Å². The summed E-state index contributed by atoms with van der Waals surface area (Å²) in [4.78, 5) is 26.9. The SMILES string of the molecule is CC[C@H](C)NC(=O)[C@H]1CSCN1C(=O)c1ccc(OC)c(OC)c1. The molecule has 2 atom stereocenters. The van der Waals surface area contributed by atoms with Gasteiger partial charge in [0.15, 0.2) is 11.5 Å². The molecule has 0 saturated carbocycles. The second-order valence-corrected chi connectivity index (χ2v) is 6.68. The molecule has 0 radical (unpaired) electrons. The van der Waals surface area contributed by atoms with Gasteiger partial charge in [-0.05, 0) is 31.5 Å². The highest BCUT2D eigenvalue weighted by atomic mass is 32.2. The van der Waals surface area contributed by atoms with Gasteiger partial charge in [-0.25, -0.2) is 0 Å². The van der Waals surface area contributed by atoms with E-state index in [1.54, 1.807) is 42.0 Å². The summed E-state index contributed by atoms with van der Waals surface area (Å²) >= 11 is 1.58. The quantitative estimate of drug-likeness (QED) is 0.849. The molecule has 1 aromatic rings. The Labute approximate surface area is 146 Å². The van der Waals surface area contributed by atoms with E-state index in [0.717, 1.165) is 6.42 Å². The second kappa shape index (κ2) is 8.28. The van der Waals surface area contributed by atoms with Gasteiger partial charge < -0.3 is 19.7 Å². The number of carbonyl (C=O) groups excluding carboxylic acids is 2. The van der Waals surface area contributed by atoms with Crippen LogP contribution < -0.4 is 14.8 Å². The Balaban J connectivity index is 2.17. The first kappa shape index (κ1) is 18.4. The smallest absolute Gasteiger partial charge is 0.255 e. The molecule has 7 heteroatoms. The van der Waals surface area contributed by atoms with Crippen LogP contribution in [0.3, 0.4) is 0 Å². The molecule has 6 nitrogen and oxygen atoms in total. The number of methoxy groups -OCH3 is 2. The van der Waals surface area contributed by atoms with Gasteiger partial charge in [0.25, 0.3) is 5.91 Å². The van der Waals surface area contributed by atoms with Crippen LogP contribution in [-0.2, 0) is 4.79 Å². The molecule has 2 rings (SSSR count). The zero-order valence-corrected chi connectivity index (χ0v) is 15.3. The molecule has 1 aliphatic heterocycles. The predicted molar refractivity (Wildman–Crippen MR) is 94.7 cm³/mol. The minimum absolute atomic E-state index is 0.0943. The molecule has 1 saturated heterocycles. The standard InChI is InChI=1S/C17H24N2O4S/c1-5-11(2)18-16(20)13-9-24-10-19(13)17(21)12-6-7-14(22-3)15(8-12)23-4/h6-8,11,13H,5,9-10H2,1-4H3,(H,18,20)/t11-,13+/m0/s1. The molecular formula is C17H24N2O4S. The molecule has 2 amide bonds. The molecule has 0 bridgehead atoms. The lowest BCUT2D eigenvalue weighted by Gasteiger charge is -2.24. The third kappa shape index (κ3) is 3.95. The van der Waals surface area contributed by atoms with E-state index in [2.05, 4.69) is 5.32 Å². The van der Waals surface area contributed by atoms with Crippen LogP contribution in [0.5, 0.6) is 11.5 Å². The molecule has 1 fully saturated rings. The highest BCUT2D eigenvalue weighted by Crippen LogP contribution is 2.30. The number of hydrogen-bond donors (Lipinski definition) is 1. The van der Waals surface area contributed by atoms with Crippen molar-refractivity contribution in [1.29, 1.82) is 0 Å². The van der Waals surface area contributed by atoms with Crippen molar-refractivity contribution in [3.8, 4) is 11.5 Å². The van der Waals surface area contributed by atoms with E-state index < -0.39 is 6.04 Å². The summed E-state index contributed by atoms with van der Waals surface area (Å²) in [5, 5.41) is 2.96. The number of nitrogens with zero attached hydrogens (tertiary/aromatic N) is 1. The highest BCUT2D eigenvalue weighted by molar-refractivity contribution is 7.99. The van der Waals surface area contributed by atoms with Crippen molar-refractivity contribution >= 4 is 23.6 Å². The number of rotatable bonds is 6. The van der Waals surface area contributed by atoms with Crippen LogP contribution in [0.15, 0.2) is 18.2 Å². The summed E-state index contributed by atoms with van der Waals surface area (Å²) in [6.07, 6.45) is 0.856. The van der Waals surface area contributed by atoms with Crippen LogP contribution in [-0.4, -0.2) is 54.6 Å². The maximum atomic E-state index is 12.8. The maximum Gasteiger partial charge on any atom is 0.255 e. The summed E-state index contributed by atoms with van der Waals surface area (Å²) in [5.74, 6) is 1.91. The van der Waals surface area contributed by atoms with Crippen LogP contribution >= 0.6 is 11.8 Å². The van der Waals surface area contributed by atoms with E-state index in [0.29, 0.717) is 28.7 Å². The van der Waals surface area contributed by atoms with Crippen molar-refractivity contribution in [2.75, 3.05) is 25.8 Å². The Morgan fingerprint density at radius 2 is 2.04 bits per heavy atom. The van der Waals surface area contributed by atoms with Crippen LogP contribution in [0.4, 0.5) is 0 Å². The van der Waals surface area contributed by atoms with Gasteiger partial charge in [0.2, 0.25) is 5.91 Å². The molecule has 1 heterocycles. The Hall–Kier alpha value is -1.89. The zero-order chi connectivity index (χ0) is 17.7. The van der Waals surface area contributed by atoms with Gasteiger partial charge in [-0.3, -0.25) is 9.59 Å². The van der Waals surface area contributed by atoms with Crippen LogP contribution in [0.25, 0.3) is 0 Å². The lowest BCUT2D eigenvalue weighted by Crippen LogP contribution is -2.49. The van der Waals surface area contributed by atoms with E-state index in [1.807, 2.05) is 13.8 Å². The number of nitrogens with one attached hydrogen (secondary N) is 1. The van der Waals surface area contributed by atoms with Gasteiger partial charge in [0.1, 0.15) is 6.04 Å². The molecule has 1 aromatic carbocycles. The predicted octanol–water partition coefficient (Wildman–Crippen LogP) is 2.13. The average Bonchev–Trinajstić information content (AvgIpc) is 3.10. The summed E-state index contributed by atoms with van der Waals surface area (Å²) in [5.41, 5.74) is 0.483. The molecule has 0 aliphatic carbocycles. The van der Waals surface area contributed by atoms with E-state index in [-0.39, 0.29) is 17.9 Å². The van der Waals surface area contributed by atoms with E-state index in [1.165, 1.54) is 7.11 Å². The topological polar surface area (TPSA) is 67.9 Å². The monoisotopic (exact) mass is 352 g/mol. The van der Waals surface area contributed by atoms with Gasteiger partial charge in [-0.1, -0.05) is 6.92 Å². The summed E-state index contributed by atoms with van der Waals surface area (Å²) in [6, 6.07) is 4.69. The molecule has 0 aromatic heterocycles. The third-order valence-corrected chi connectivity index (χ3v) is 5.09. The summed E-state index contributed by atoms with van der Waals surface area (Å²) in [7, 11) is 3.08. The third-order valence-electron chi connectivity index (χ3n) is 4.08. The van der Waals surface area contributed by atoms with Gasteiger partial charge in [-0.15, -0.1) is 11.8 Å². The Morgan fingerprint density at radius 1 is 1.33 bits per heavy atom. The Bertz CT molecular complexity index is 608. The van der Waals surface area contributed by atoms with Gasteiger partial charge in [-0.2, -0.15) is 0 Å². The first-order valence-electron chi connectivity index (χ1n) is 7.92. The average molecular weight is 352 g/mol. The first-order valence-corrected chi connectivity index (χ1v) is 9.08. The van der Waals surface area contributed by atoms with Crippen molar-refractivity contribution in [3.63, 3.8) is 0 Å². The minimum atomic E-state index is -0.440. The second-order valence-electron chi connectivity index (χ2n) is 5.68. The van der Waals surface area contributed by atoms with E-state index in [4.69, 9.17) is 9.47 Å². The largest absolute Gasteiger partial charge is 0.493 e. The lowest BCUT2D eigenvalue weighted by atomic mass is 10.1. The molecule has 1 N–H and O–H groups in total. The first-order chi connectivity index (χ1) is 11.5. The summed E-state index contributed by atoms with van der Waals surface area (Å²) in [6.45, 7) is 3.97. The van der Waals surface area contributed by atoms with E-state index in [9.17, 15) is 9.59 Å². The molecule has 1 aliphatic rings. The van der Waals surface area contributed by atoms with Crippen molar-refractivity contribution in [2.45, 2.75) is 32.4 Å². The fourth-order valence-electron chi connectivity index (χ4n) is 2.44. The maximum absolute atomic E-state index is 12.8. The number of benzene rings is 1. The summed E-state index contributed by atoms with van der Waals surface area (Å²) < 4.78 is 10.4. The lowest BCUT2D eigenvalue weighted by molar-refractivity contribution is -0.125. The Kier molecular flexibility index (Phi) is 6.36. The van der Waals surface area contributed by atoms with Crippen molar-refractivity contribution in [3.05, 3.63) is 23.8 Å². The molecule has 0 spiro atoms. The normalized spacial score (nSPS) is 18.2. The number of carbonyl (C=O) groups is 2. The number of hydrogen-bond acceptors (Lipinski definition) is 5. The van der Waals surface area contributed by atoms with Crippen molar-refractivity contribution in [1.82, 2.24) is 10.2 Å². The fourth-order valence-corrected chi connectivity index (χ4v) is 3.59. The molecule has 24 heavy (non-hydrogen) atoms. The molecule has 0 unspecified atom stereocenters. The van der Waals surface area contributed by atoms with Gasteiger partial charge in [0, 0.05) is 17.4 Å². The fraction of sp³-hybridized carbons (Fsp3) is 0.529.